The first kappa shape index (κ1) is 24.1. The summed E-state index contributed by atoms with van der Waals surface area (Å²) in [7, 11) is 0. The Kier molecular flexibility index (Phi) is 7.31. The zero-order valence-corrected chi connectivity index (χ0v) is 20.7. The summed E-state index contributed by atoms with van der Waals surface area (Å²) in [6.07, 6.45) is -0.601. The van der Waals surface area contributed by atoms with E-state index < -0.39 is 12.2 Å². The number of aliphatic hydroxyl groups is 2. The Labute approximate surface area is 209 Å². The van der Waals surface area contributed by atoms with Crippen LogP contribution in [0.15, 0.2) is 42.5 Å². The van der Waals surface area contributed by atoms with Gasteiger partial charge in [-0.15, -0.1) is 11.3 Å². The van der Waals surface area contributed by atoms with Gasteiger partial charge in [-0.1, -0.05) is 24.3 Å². The molecule has 35 heavy (non-hydrogen) atoms. The van der Waals surface area contributed by atoms with Crippen molar-refractivity contribution < 1.29 is 19.7 Å². The van der Waals surface area contributed by atoms with Gasteiger partial charge in [-0.25, -0.2) is 4.98 Å². The number of β-amino-alcohol motifs (C(OH)–C–C–N with tert-alkyl or cyclic N) is 1. The quantitative estimate of drug-likeness (QED) is 0.437. The number of aromatic nitrogens is 1. The second-order valence-electron chi connectivity index (χ2n) is 9.42. The molecule has 9 heteroatoms. The number of carbonyl (C=O) groups excluding carboxylic acids is 1. The normalized spacial score (nSPS) is 21.7. The lowest BCUT2D eigenvalue weighted by Gasteiger charge is -2.35. The minimum absolute atomic E-state index is 0.0695. The number of piperazine rings is 1. The van der Waals surface area contributed by atoms with Crippen molar-refractivity contribution in [3.63, 3.8) is 0 Å². The number of aliphatic hydroxyl groups excluding tert-OH is 2. The second-order valence-corrected chi connectivity index (χ2v) is 10.7. The van der Waals surface area contributed by atoms with Crippen LogP contribution in [0.2, 0.25) is 0 Å². The molecular weight excluding hydrogens is 464 g/mol. The summed E-state index contributed by atoms with van der Waals surface area (Å²) in [6, 6.07) is 13.4. The van der Waals surface area contributed by atoms with Crippen molar-refractivity contribution in [2.24, 2.45) is 0 Å². The highest BCUT2D eigenvalue weighted by Gasteiger charge is 2.32. The Morgan fingerprint density at radius 2 is 1.97 bits per heavy atom. The van der Waals surface area contributed by atoms with Gasteiger partial charge in [0, 0.05) is 45.2 Å². The zero-order valence-electron chi connectivity index (χ0n) is 19.9. The number of nitrogens with one attached hydrogen (secondary N) is 1. The minimum atomic E-state index is -0.596. The molecule has 1 aromatic heterocycles. The molecule has 3 N–H and O–H groups in total. The third-order valence-corrected chi connectivity index (χ3v) is 7.68. The van der Waals surface area contributed by atoms with Crippen LogP contribution >= 0.6 is 11.3 Å². The Morgan fingerprint density at radius 1 is 1.20 bits per heavy atom. The van der Waals surface area contributed by atoms with Gasteiger partial charge in [0.15, 0.2) is 0 Å². The van der Waals surface area contributed by atoms with Gasteiger partial charge < -0.3 is 20.3 Å². The van der Waals surface area contributed by atoms with E-state index in [0.717, 1.165) is 52.5 Å². The van der Waals surface area contributed by atoms with Crippen molar-refractivity contribution in [1.82, 2.24) is 20.1 Å². The summed E-state index contributed by atoms with van der Waals surface area (Å²) < 4.78 is 6.93. The van der Waals surface area contributed by atoms with E-state index in [-0.39, 0.29) is 18.6 Å². The summed E-state index contributed by atoms with van der Waals surface area (Å²) in [5.41, 5.74) is 3.03. The first-order valence-corrected chi connectivity index (χ1v) is 12.9. The van der Waals surface area contributed by atoms with Crippen LogP contribution in [0.1, 0.15) is 22.2 Å². The van der Waals surface area contributed by atoms with Crippen LogP contribution in [0.3, 0.4) is 0 Å². The summed E-state index contributed by atoms with van der Waals surface area (Å²) in [6.45, 7) is 6.12. The van der Waals surface area contributed by atoms with E-state index >= 15 is 0 Å². The van der Waals surface area contributed by atoms with Crippen LogP contribution in [0, 0.1) is 6.92 Å². The maximum absolute atomic E-state index is 12.6. The summed E-state index contributed by atoms with van der Waals surface area (Å²) in [5.74, 6) is 0.646. The molecule has 3 unspecified atom stereocenters. The van der Waals surface area contributed by atoms with Crippen LogP contribution in [0.4, 0.5) is 0 Å². The molecule has 1 aliphatic carbocycles. The van der Waals surface area contributed by atoms with Gasteiger partial charge in [0.25, 0.3) is 0 Å². The summed E-state index contributed by atoms with van der Waals surface area (Å²) in [4.78, 5) is 21.5. The molecule has 0 radical (unpaired) electrons. The molecule has 0 saturated carbocycles. The molecule has 5 rings (SSSR count). The molecule has 186 valence electrons. The number of fused-ring (bicyclic) bond motifs is 2. The van der Waals surface area contributed by atoms with Crippen LogP contribution in [0.5, 0.6) is 5.75 Å². The Balaban J connectivity index is 1.03. The lowest BCUT2D eigenvalue weighted by Crippen LogP contribution is -2.51. The largest absolute Gasteiger partial charge is 0.491 e. The molecule has 1 amide bonds. The van der Waals surface area contributed by atoms with Gasteiger partial charge in [0.05, 0.1) is 33.9 Å². The Morgan fingerprint density at radius 3 is 2.80 bits per heavy atom. The molecule has 0 bridgehead atoms. The van der Waals surface area contributed by atoms with Crippen molar-refractivity contribution in [2.45, 2.75) is 31.6 Å². The highest BCUT2D eigenvalue weighted by molar-refractivity contribution is 7.18. The van der Waals surface area contributed by atoms with Gasteiger partial charge in [-0.3, -0.25) is 14.6 Å². The van der Waals surface area contributed by atoms with Crippen LogP contribution < -0.4 is 10.1 Å². The number of hydrogen-bond acceptors (Lipinski definition) is 8. The van der Waals surface area contributed by atoms with Gasteiger partial charge >= 0.3 is 0 Å². The van der Waals surface area contributed by atoms with Crippen molar-refractivity contribution in [1.29, 1.82) is 0 Å². The van der Waals surface area contributed by atoms with Crippen molar-refractivity contribution in [3.05, 3.63) is 58.6 Å². The predicted octanol–water partition coefficient (Wildman–Crippen LogP) is 1.74. The molecule has 8 nitrogen and oxygen atoms in total. The van der Waals surface area contributed by atoms with E-state index in [1.54, 1.807) is 11.3 Å². The minimum Gasteiger partial charge on any atom is -0.491 e. The summed E-state index contributed by atoms with van der Waals surface area (Å²) in [5, 5.41) is 24.9. The van der Waals surface area contributed by atoms with Gasteiger partial charge in [-0.05, 0) is 30.2 Å². The maximum Gasteiger partial charge on any atom is 0.234 e. The number of benzene rings is 2. The average molecular weight is 497 g/mol. The lowest BCUT2D eigenvalue weighted by atomic mass is 10.1. The lowest BCUT2D eigenvalue weighted by molar-refractivity contribution is -0.124. The summed E-state index contributed by atoms with van der Waals surface area (Å²) >= 11 is 1.65. The van der Waals surface area contributed by atoms with Gasteiger partial charge in [-0.2, -0.15) is 0 Å². The second kappa shape index (κ2) is 10.6. The Hall–Kier alpha value is -2.56. The SMILES string of the molecule is Cc1nc2cc(OCC(O)CN3CCN(CC(=O)NC4c5ccccc5CC4O)CC3)ccc2s1. The van der Waals surface area contributed by atoms with E-state index in [2.05, 4.69) is 20.1 Å². The standard InChI is InChI=1S/C26H32N4O4S/c1-17-27-22-13-20(6-7-24(22)35-17)34-16-19(31)14-29-8-10-30(11-9-29)15-25(33)28-26-21-5-3-2-4-18(21)12-23(26)32/h2-7,13,19,23,26,31-32H,8-12,14-16H2,1H3,(H,28,33). The first-order chi connectivity index (χ1) is 16.9. The van der Waals surface area contributed by atoms with Crippen molar-refractivity contribution >= 4 is 27.5 Å². The van der Waals surface area contributed by atoms with E-state index in [1.165, 1.54) is 0 Å². The number of hydrogen-bond donors (Lipinski definition) is 3. The van der Waals surface area contributed by atoms with Crippen LogP contribution in [-0.4, -0.2) is 89.0 Å². The van der Waals surface area contributed by atoms with Crippen molar-refractivity contribution in [3.8, 4) is 5.75 Å². The topological polar surface area (TPSA) is 98.2 Å². The third-order valence-electron chi connectivity index (χ3n) is 6.73. The van der Waals surface area contributed by atoms with Gasteiger partial charge in [0.1, 0.15) is 18.5 Å². The molecule has 3 aromatic rings. The van der Waals surface area contributed by atoms with Crippen LogP contribution in [-0.2, 0) is 11.2 Å². The molecule has 3 atom stereocenters. The molecule has 0 spiro atoms. The number of ether oxygens (including phenoxy) is 1. The fraction of sp³-hybridized carbons (Fsp3) is 0.462. The fourth-order valence-corrected chi connectivity index (χ4v) is 5.76. The zero-order chi connectivity index (χ0) is 24.4. The highest BCUT2D eigenvalue weighted by atomic mass is 32.1. The molecule has 1 aliphatic heterocycles. The number of aryl methyl sites for hydroxylation is 1. The Bertz CT molecular complexity index is 1180. The molecule has 2 heterocycles. The molecular formula is C26H32N4O4S. The first-order valence-electron chi connectivity index (χ1n) is 12.1. The highest BCUT2D eigenvalue weighted by Crippen LogP contribution is 2.31. The third kappa shape index (κ3) is 5.82. The maximum atomic E-state index is 12.6. The number of carbonyl (C=O) groups is 1. The molecule has 1 fully saturated rings. The molecule has 1 saturated heterocycles. The average Bonchev–Trinajstić information content (AvgIpc) is 3.37. The molecule has 2 aliphatic rings. The molecule has 2 aromatic carbocycles. The van der Waals surface area contributed by atoms with E-state index in [4.69, 9.17) is 4.74 Å². The number of rotatable bonds is 8. The number of thiazole rings is 1. The monoisotopic (exact) mass is 496 g/mol. The number of amides is 1. The van der Waals surface area contributed by atoms with Gasteiger partial charge in [0.2, 0.25) is 5.91 Å². The predicted molar refractivity (Wildman–Crippen MR) is 136 cm³/mol. The van der Waals surface area contributed by atoms with Crippen LogP contribution in [0.25, 0.3) is 10.2 Å². The fourth-order valence-electron chi connectivity index (χ4n) is 4.96. The van der Waals surface area contributed by atoms with Crippen molar-refractivity contribution in [2.75, 3.05) is 45.9 Å². The van der Waals surface area contributed by atoms with E-state index in [1.807, 2.05) is 49.4 Å². The van der Waals surface area contributed by atoms with E-state index in [9.17, 15) is 15.0 Å². The smallest absolute Gasteiger partial charge is 0.234 e. The van der Waals surface area contributed by atoms with E-state index in [0.29, 0.717) is 25.3 Å². The number of nitrogens with zero attached hydrogens (tertiary/aromatic N) is 3.